The van der Waals surface area contributed by atoms with Gasteiger partial charge in [-0.25, -0.2) is 0 Å². The third-order valence-corrected chi connectivity index (χ3v) is 5.86. The third kappa shape index (κ3) is 3.12. The fourth-order valence-corrected chi connectivity index (χ4v) is 4.57. The average Bonchev–Trinajstić information content (AvgIpc) is 2.41. The van der Waals surface area contributed by atoms with E-state index < -0.39 is 10.8 Å². The minimum absolute atomic E-state index is 0. The van der Waals surface area contributed by atoms with Crippen LogP contribution >= 0.6 is 12.4 Å². The molecule has 19 heavy (non-hydrogen) atoms. The summed E-state index contributed by atoms with van der Waals surface area (Å²) in [4.78, 5) is 2.27. The summed E-state index contributed by atoms with van der Waals surface area (Å²) in [6, 6.07) is 8.02. The van der Waals surface area contributed by atoms with Crippen molar-refractivity contribution in [2.24, 2.45) is 0 Å². The van der Waals surface area contributed by atoms with Gasteiger partial charge in [-0.1, -0.05) is 19.1 Å². The first-order valence-electron chi connectivity index (χ1n) is 6.34. The highest BCUT2D eigenvalue weighted by atomic mass is 35.5. The molecule has 0 radical (unpaired) electrons. The SMILES string of the molecule is CC[C@@]1(c2cccc(OC)c2)CN(C)CCS1=O.Cl. The van der Waals surface area contributed by atoms with Crippen molar-refractivity contribution in [3.8, 4) is 5.75 Å². The number of hydrogen-bond donors (Lipinski definition) is 0. The summed E-state index contributed by atoms with van der Waals surface area (Å²) in [5.74, 6) is 1.59. The lowest BCUT2D eigenvalue weighted by Gasteiger charge is -2.40. The number of likely N-dealkylation sites (N-methyl/N-ethyl adjacent to an activating group) is 1. The fourth-order valence-electron chi connectivity index (χ4n) is 2.63. The molecule has 1 aromatic carbocycles. The zero-order chi connectivity index (χ0) is 13.2. The minimum Gasteiger partial charge on any atom is -0.497 e. The van der Waals surface area contributed by atoms with Crippen molar-refractivity contribution in [2.75, 3.05) is 33.0 Å². The summed E-state index contributed by atoms with van der Waals surface area (Å²) in [6.45, 7) is 3.89. The van der Waals surface area contributed by atoms with Crippen LogP contribution in [0, 0.1) is 0 Å². The number of halogens is 1. The molecule has 0 N–H and O–H groups in total. The summed E-state index contributed by atoms with van der Waals surface area (Å²) in [6.07, 6.45) is 0.886. The van der Waals surface area contributed by atoms with Gasteiger partial charge in [-0.15, -0.1) is 12.4 Å². The van der Waals surface area contributed by atoms with Crippen LogP contribution in [0.4, 0.5) is 0 Å². The molecule has 0 amide bonds. The quantitative estimate of drug-likeness (QED) is 0.859. The summed E-state index contributed by atoms with van der Waals surface area (Å²) in [5.41, 5.74) is 1.13. The van der Waals surface area contributed by atoms with E-state index in [1.54, 1.807) is 7.11 Å². The van der Waals surface area contributed by atoms with E-state index in [2.05, 4.69) is 24.9 Å². The molecule has 3 nitrogen and oxygen atoms in total. The van der Waals surface area contributed by atoms with Gasteiger partial charge >= 0.3 is 0 Å². The summed E-state index contributed by atoms with van der Waals surface area (Å²) >= 11 is 0. The Morgan fingerprint density at radius 1 is 1.47 bits per heavy atom. The van der Waals surface area contributed by atoms with E-state index in [9.17, 15) is 4.21 Å². The van der Waals surface area contributed by atoms with E-state index in [1.807, 2.05) is 18.2 Å². The number of ether oxygens (including phenoxy) is 1. The second-order valence-electron chi connectivity index (χ2n) is 4.87. The molecule has 0 bridgehead atoms. The Bertz CT molecular complexity index is 455. The maximum absolute atomic E-state index is 12.5. The standard InChI is InChI=1S/C14H21NO2S.ClH/c1-4-14(11-15(2)8-9-18(14)16)12-6-5-7-13(10-12)17-3;/h5-7,10H,4,8-9,11H2,1-3H3;1H/t14-,18?;/m0./s1. The highest BCUT2D eigenvalue weighted by Gasteiger charge is 2.41. The molecule has 1 heterocycles. The molecule has 1 aliphatic rings. The Kier molecular flexibility index (Phi) is 5.83. The summed E-state index contributed by atoms with van der Waals surface area (Å²) in [7, 11) is 2.95. The molecule has 0 aliphatic carbocycles. The zero-order valence-electron chi connectivity index (χ0n) is 11.7. The van der Waals surface area contributed by atoms with Gasteiger partial charge in [0.2, 0.25) is 0 Å². The number of rotatable bonds is 3. The number of benzene rings is 1. The van der Waals surface area contributed by atoms with Gasteiger partial charge in [0.1, 0.15) is 5.75 Å². The van der Waals surface area contributed by atoms with E-state index in [0.717, 1.165) is 36.6 Å². The first kappa shape index (κ1) is 16.5. The van der Waals surface area contributed by atoms with Crippen LogP contribution in [-0.4, -0.2) is 42.1 Å². The van der Waals surface area contributed by atoms with Crippen LogP contribution in [0.3, 0.4) is 0 Å². The van der Waals surface area contributed by atoms with Crippen molar-refractivity contribution >= 4 is 23.2 Å². The summed E-state index contributed by atoms with van der Waals surface area (Å²) in [5, 5.41) is 0. The topological polar surface area (TPSA) is 29.5 Å². The van der Waals surface area contributed by atoms with E-state index >= 15 is 0 Å². The van der Waals surface area contributed by atoms with Crippen molar-refractivity contribution in [1.29, 1.82) is 0 Å². The molecule has 1 saturated heterocycles. The Morgan fingerprint density at radius 2 is 2.21 bits per heavy atom. The van der Waals surface area contributed by atoms with Crippen LogP contribution in [0.1, 0.15) is 18.9 Å². The van der Waals surface area contributed by atoms with Crippen molar-refractivity contribution < 1.29 is 8.95 Å². The first-order valence-corrected chi connectivity index (χ1v) is 7.66. The molecule has 0 saturated carbocycles. The third-order valence-electron chi connectivity index (χ3n) is 3.79. The first-order chi connectivity index (χ1) is 8.62. The Labute approximate surface area is 124 Å². The highest BCUT2D eigenvalue weighted by Crippen LogP contribution is 2.36. The molecule has 1 fully saturated rings. The van der Waals surface area contributed by atoms with Crippen LogP contribution < -0.4 is 4.74 Å². The van der Waals surface area contributed by atoms with Crippen LogP contribution in [0.25, 0.3) is 0 Å². The largest absolute Gasteiger partial charge is 0.497 e. The highest BCUT2D eigenvalue weighted by molar-refractivity contribution is 7.86. The van der Waals surface area contributed by atoms with Crippen molar-refractivity contribution in [1.82, 2.24) is 4.90 Å². The van der Waals surface area contributed by atoms with Crippen LogP contribution in [0.2, 0.25) is 0 Å². The molecule has 0 spiro atoms. The molecule has 2 atom stereocenters. The van der Waals surface area contributed by atoms with Gasteiger partial charge in [0.25, 0.3) is 0 Å². The zero-order valence-corrected chi connectivity index (χ0v) is 13.4. The lowest BCUT2D eigenvalue weighted by molar-refractivity contribution is 0.287. The Hall–Kier alpha value is -0.580. The van der Waals surface area contributed by atoms with Crippen molar-refractivity contribution in [2.45, 2.75) is 18.1 Å². The van der Waals surface area contributed by atoms with E-state index in [4.69, 9.17) is 4.74 Å². The normalized spacial score (nSPS) is 27.6. The van der Waals surface area contributed by atoms with Crippen LogP contribution in [0.5, 0.6) is 5.75 Å². The molecule has 1 aromatic rings. The average molecular weight is 304 g/mol. The van der Waals surface area contributed by atoms with Gasteiger partial charge in [0.05, 0.1) is 11.9 Å². The number of hydrogen-bond acceptors (Lipinski definition) is 3. The van der Waals surface area contributed by atoms with Gasteiger partial charge in [0.15, 0.2) is 0 Å². The molecule has 108 valence electrons. The molecule has 0 aromatic heterocycles. The smallest absolute Gasteiger partial charge is 0.119 e. The monoisotopic (exact) mass is 303 g/mol. The van der Waals surface area contributed by atoms with Gasteiger partial charge in [-0.2, -0.15) is 0 Å². The second kappa shape index (κ2) is 6.73. The van der Waals surface area contributed by atoms with E-state index in [0.29, 0.717) is 0 Å². The Morgan fingerprint density at radius 3 is 2.84 bits per heavy atom. The number of nitrogens with zero attached hydrogens (tertiary/aromatic N) is 1. The molecule has 1 aliphatic heterocycles. The summed E-state index contributed by atoms with van der Waals surface area (Å²) < 4.78 is 17.6. The lowest BCUT2D eigenvalue weighted by atomic mass is 9.94. The van der Waals surface area contributed by atoms with Crippen molar-refractivity contribution in [3.05, 3.63) is 29.8 Å². The van der Waals surface area contributed by atoms with E-state index in [-0.39, 0.29) is 17.2 Å². The molecular weight excluding hydrogens is 282 g/mol. The molecular formula is C14H22ClNO2S. The molecule has 1 unspecified atom stereocenters. The lowest BCUT2D eigenvalue weighted by Crippen LogP contribution is -2.49. The maximum Gasteiger partial charge on any atom is 0.119 e. The van der Waals surface area contributed by atoms with Gasteiger partial charge in [-0.05, 0) is 31.2 Å². The van der Waals surface area contributed by atoms with Gasteiger partial charge in [-0.3, -0.25) is 4.21 Å². The van der Waals surface area contributed by atoms with Crippen molar-refractivity contribution in [3.63, 3.8) is 0 Å². The fraction of sp³-hybridized carbons (Fsp3) is 0.571. The van der Waals surface area contributed by atoms with Crippen LogP contribution in [0.15, 0.2) is 24.3 Å². The second-order valence-corrected chi connectivity index (χ2v) is 6.75. The Balaban J connectivity index is 0.00000180. The molecule has 5 heteroatoms. The minimum atomic E-state index is -0.816. The van der Waals surface area contributed by atoms with Crippen LogP contribution in [-0.2, 0) is 15.5 Å². The predicted octanol–water partition coefficient (Wildman–Crippen LogP) is 2.42. The van der Waals surface area contributed by atoms with E-state index in [1.165, 1.54) is 0 Å². The van der Waals surface area contributed by atoms with Gasteiger partial charge in [0, 0.05) is 29.6 Å². The maximum atomic E-state index is 12.5. The predicted molar refractivity (Wildman–Crippen MR) is 82.7 cm³/mol. The number of methoxy groups -OCH3 is 1. The van der Waals surface area contributed by atoms with Gasteiger partial charge < -0.3 is 9.64 Å². The molecule has 2 rings (SSSR count).